The molecule has 0 amide bonds. The summed E-state index contributed by atoms with van der Waals surface area (Å²) < 4.78 is 38.5. The highest BCUT2D eigenvalue weighted by molar-refractivity contribution is 7.85. The largest absolute Gasteiger partial charge is 0.369 e. The predicted molar refractivity (Wildman–Crippen MR) is 124 cm³/mol. The normalized spacial score (nSPS) is 16.4. The van der Waals surface area contributed by atoms with Crippen LogP contribution in [0.3, 0.4) is 0 Å². The topological polar surface area (TPSA) is 40.6 Å². The van der Waals surface area contributed by atoms with Gasteiger partial charge < -0.3 is 4.90 Å². The van der Waals surface area contributed by atoms with E-state index in [0.29, 0.717) is 4.90 Å². The minimum Gasteiger partial charge on any atom is -0.369 e. The molecule has 1 aromatic heterocycles. The van der Waals surface area contributed by atoms with E-state index in [1.54, 1.807) is 23.5 Å². The molecule has 0 bridgehead atoms. The highest BCUT2D eigenvalue weighted by Crippen LogP contribution is 2.21. The van der Waals surface area contributed by atoms with Crippen molar-refractivity contribution in [1.29, 1.82) is 0 Å². The van der Waals surface area contributed by atoms with Gasteiger partial charge in [-0.2, -0.15) is 0 Å². The van der Waals surface area contributed by atoms with Crippen LogP contribution in [-0.4, -0.2) is 45.2 Å². The van der Waals surface area contributed by atoms with E-state index in [2.05, 4.69) is 40.4 Å². The summed E-state index contributed by atoms with van der Waals surface area (Å²) in [5.41, 5.74) is 2.54. The second-order valence-electron chi connectivity index (χ2n) is 6.84. The van der Waals surface area contributed by atoms with E-state index in [1.807, 2.05) is 17.5 Å². The first kappa shape index (κ1) is 22.8. The van der Waals surface area contributed by atoms with Crippen LogP contribution in [0.15, 0.2) is 75.1 Å². The smallest absolute Gasteiger partial charge is 0.138 e. The summed E-state index contributed by atoms with van der Waals surface area (Å²) >= 11 is 1.57. The van der Waals surface area contributed by atoms with Gasteiger partial charge >= 0.3 is 0 Å². The number of hydrogen-bond donors (Lipinski definition) is 0. The maximum absolute atomic E-state index is 12.4. The van der Waals surface area contributed by atoms with Crippen molar-refractivity contribution < 1.29 is 12.8 Å². The fraction of sp³-hybridized carbons (Fsp3) is 0.273. The Hall–Kier alpha value is -1.87. The van der Waals surface area contributed by atoms with E-state index >= 15 is 0 Å². The van der Waals surface area contributed by atoms with Crippen LogP contribution < -0.4 is 4.90 Å². The van der Waals surface area contributed by atoms with Crippen molar-refractivity contribution >= 4 is 38.8 Å². The van der Waals surface area contributed by atoms with Crippen molar-refractivity contribution in [3.63, 3.8) is 0 Å². The van der Waals surface area contributed by atoms with Crippen LogP contribution in [0.4, 0.5) is 10.1 Å². The molecule has 1 fully saturated rings. The average molecular weight is 465 g/mol. The number of piperazine rings is 1. The Morgan fingerprint density at radius 2 is 1.63 bits per heavy atom. The number of rotatable bonds is 4. The lowest BCUT2D eigenvalue weighted by Gasteiger charge is -2.35. The minimum absolute atomic E-state index is 0.340. The van der Waals surface area contributed by atoms with Crippen LogP contribution in [0.25, 0.3) is 0 Å². The lowest BCUT2D eigenvalue weighted by Crippen LogP contribution is -2.46. The Morgan fingerprint density at radius 1 is 0.933 bits per heavy atom. The van der Waals surface area contributed by atoms with Crippen molar-refractivity contribution in [3.05, 3.63) is 77.4 Å². The maximum Gasteiger partial charge on any atom is 0.138 e. The first-order valence-electron chi connectivity index (χ1n) is 9.55. The lowest BCUT2D eigenvalue weighted by molar-refractivity contribution is 0.411. The number of halogens is 1. The Kier molecular flexibility index (Phi) is 8.32. The molecule has 0 aliphatic carbocycles. The van der Waals surface area contributed by atoms with Crippen LogP contribution in [0, 0.1) is 12.7 Å². The molecule has 4 nitrogen and oxygen atoms in total. The summed E-state index contributed by atoms with van der Waals surface area (Å²) in [6.45, 7) is 5.66. The van der Waals surface area contributed by atoms with Gasteiger partial charge in [0.1, 0.15) is 21.0 Å². The quantitative estimate of drug-likeness (QED) is 0.572. The Labute approximate surface area is 186 Å². The second-order valence-corrected chi connectivity index (χ2v) is 10.9. The van der Waals surface area contributed by atoms with Gasteiger partial charge in [0.2, 0.25) is 0 Å². The second kappa shape index (κ2) is 10.9. The third kappa shape index (κ3) is 6.31. The van der Waals surface area contributed by atoms with Crippen molar-refractivity contribution in [2.45, 2.75) is 16.0 Å². The summed E-state index contributed by atoms with van der Waals surface area (Å²) in [6, 6.07) is 18.3. The maximum atomic E-state index is 12.4. The molecule has 2 aromatic carbocycles. The zero-order valence-electron chi connectivity index (χ0n) is 17.0. The predicted octanol–water partition coefficient (Wildman–Crippen LogP) is 4.46. The molecule has 0 saturated carbocycles. The molecule has 1 saturated heterocycles. The zero-order valence-corrected chi connectivity index (χ0v) is 19.4. The molecule has 0 spiro atoms. The number of nitrogens with zero attached hydrogens (tertiary/aromatic N) is 2. The SMILES string of the molecule is CS(=O)c1cccc(F)c1.Cc1ccc(N2CCN(S(=O)c3cccs3)CC2)cc1. The summed E-state index contributed by atoms with van der Waals surface area (Å²) in [6.07, 6.45) is 1.52. The summed E-state index contributed by atoms with van der Waals surface area (Å²) in [4.78, 5) is 2.89. The number of benzene rings is 2. The van der Waals surface area contributed by atoms with E-state index in [0.717, 1.165) is 30.4 Å². The van der Waals surface area contributed by atoms with Crippen LogP contribution in [0.1, 0.15) is 5.56 Å². The molecule has 0 N–H and O–H groups in total. The van der Waals surface area contributed by atoms with Crippen LogP contribution in [-0.2, 0) is 21.8 Å². The van der Waals surface area contributed by atoms with Gasteiger partial charge in [-0.3, -0.25) is 4.21 Å². The summed E-state index contributed by atoms with van der Waals surface area (Å²) in [7, 11) is -2.07. The fourth-order valence-electron chi connectivity index (χ4n) is 3.00. The number of aryl methyl sites for hydroxylation is 1. The van der Waals surface area contributed by atoms with Gasteiger partial charge in [-0.15, -0.1) is 11.3 Å². The van der Waals surface area contributed by atoms with Gasteiger partial charge in [-0.1, -0.05) is 29.8 Å². The van der Waals surface area contributed by atoms with Crippen LogP contribution in [0.2, 0.25) is 0 Å². The molecule has 1 aliphatic heterocycles. The molecule has 1 aliphatic rings. The van der Waals surface area contributed by atoms with E-state index in [1.165, 1.54) is 29.6 Å². The first-order valence-corrected chi connectivity index (χ1v) is 13.1. The van der Waals surface area contributed by atoms with Gasteiger partial charge in [-0.05, 0) is 48.7 Å². The lowest BCUT2D eigenvalue weighted by atomic mass is 10.2. The molecule has 2 heterocycles. The molecule has 2 atom stereocenters. The third-order valence-electron chi connectivity index (χ3n) is 4.67. The van der Waals surface area contributed by atoms with Crippen LogP contribution in [0.5, 0.6) is 0 Å². The first-order chi connectivity index (χ1) is 14.4. The van der Waals surface area contributed by atoms with Crippen LogP contribution >= 0.6 is 11.3 Å². The van der Waals surface area contributed by atoms with Crippen molar-refractivity contribution in [2.75, 3.05) is 37.3 Å². The standard InChI is InChI=1S/C15H18N2OS2.C7H7FOS/c1-13-4-6-14(7-5-13)16-8-10-17(11-9-16)20(18)15-3-2-12-19-15;1-10(9)7-4-2-3-6(8)5-7/h2-7,12H,8-11H2,1H3;2-5H,1H3. The summed E-state index contributed by atoms with van der Waals surface area (Å²) in [5, 5.41) is 1.98. The van der Waals surface area contributed by atoms with E-state index in [9.17, 15) is 12.8 Å². The number of hydrogen-bond acceptors (Lipinski definition) is 4. The molecule has 3 aromatic rings. The van der Waals surface area contributed by atoms with Gasteiger partial charge in [0.05, 0.1) is 0 Å². The Morgan fingerprint density at radius 3 is 2.17 bits per heavy atom. The van der Waals surface area contributed by atoms with Gasteiger partial charge in [0, 0.05) is 53.8 Å². The van der Waals surface area contributed by atoms with E-state index in [-0.39, 0.29) is 5.82 Å². The monoisotopic (exact) mass is 464 g/mol. The fourth-order valence-corrected chi connectivity index (χ4v) is 5.76. The van der Waals surface area contributed by atoms with E-state index in [4.69, 9.17) is 0 Å². The van der Waals surface area contributed by atoms with Crippen molar-refractivity contribution in [3.8, 4) is 0 Å². The molecule has 30 heavy (non-hydrogen) atoms. The molecular formula is C22H25FN2O2S3. The Balaban J connectivity index is 0.000000216. The van der Waals surface area contributed by atoms with Crippen molar-refractivity contribution in [1.82, 2.24) is 4.31 Å². The highest BCUT2D eigenvalue weighted by atomic mass is 32.2. The third-order valence-corrected chi connectivity index (χ3v) is 8.28. The van der Waals surface area contributed by atoms with Crippen molar-refractivity contribution in [2.24, 2.45) is 0 Å². The molecule has 8 heteroatoms. The highest BCUT2D eigenvalue weighted by Gasteiger charge is 2.22. The number of thiophene rings is 1. The zero-order chi connectivity index (χ0) is 21.5. The molecule has 2 unspecified atom stereocenters. The van der Waals surface area contributed by atoms with Gasteiger partial charge in [0.25, 0.3) is 0 Å². The molecule has 160 valence electrons. The molecular weight excluding hydrogens is 439 g/mol. The molecule has 0 radical (unpaired) electrons. The Bertz CT molecular complexity index is 986. The van der Waals surface area contributed by atoms with Gasteiger partial charge in [-0.25, -0.2) is 12.9 Å². The average Bonchev–Trinajstić information content (AvgIpc) is 3.29. The molecule has 4 rings (SSSR count). The number of anilines is 1. The minimum atomic E-state index is -1.08. The van der Waals surface area contributed by atoms with Gasteiger partial charge in [0.15, 0.2) is 0 Å². The van der Waals surface area contributed by atoms with E-state index < -0.39 is 21.8 Å². The summed E-state index contributed by atoms with van der Waals surface area (Å²) in [5.74, 6) is -0.340.